The summed E-state index contributed by atoms with van der Waals surface area (Å²) in [5, 5.41) is 12.1. The molecule has 1 aromatic carbocycles. The van der Waals surface area contributed by atoms with Crippen LogP contribution in [0.1, 0.15) is 43.2 Å². The van der Waals surface area contributed by atoms with Gasteiger partial charge in [0.2, 0.25) is 15.9 Å². The highest BCUT2D eigenvalue weighted by atomic mass is 32.2. The molecule has 0 unspecified atom stereocenters. The molecule has 2 fully saturated rings. The third kappa shape index (κ3) is 5.63. The number of amides is 1. The first-order valence-electron chi connectivity index (χ1n) is 11.9. The van der Waals surface area contributed by atoms with E-state index in [2.05, 4.69) is 15.2 Å². The summed E-state index contributed by atoms with van der Waals surface area (Å²) in [5.41, 5.74) is 1.51. The van der Waals surface area contributed by atoms with Crippen molar-refractivity contribution in [2.24, 2.45) is 5.92 Å². The van der Waals surface area contributed by atoms with Crippen molar-refractivity contribution >= 4 is 15.9 Å². The lowest BCUT2D eigenvalue weighted by atomic mass is 9.90. The van der Waals surface area contributed by atoms with Gasteiger partial charge in [0.05, 0.1) is 22.4 Å². The number of carbonyl (C=O) groups is 1. The second kappa shape index (κ2) is 11.1. The van der Waals surface area contributed by atoms with Crippen LogP contribution in [0.2, 0.25) is 0 Å². The molecule has 8 nitrogen and oxygen atoms in total. The largest absolute Gasteiger partial charge is 0.356 e. The molecular formula is C25H31N5O3S. The van der Waals surface area contributed by atoms with Gasteiger partial charge in [0.25, 0.3) is 0 Å². The molecule has 0 bridgehead atoms. The van der Waals surface area contributed by atoms with Crippen molar-refractivity contribution in [2.75, 3.05) is 26.2 Å². The number of aromatic nitrogens is 1. The SMILES string of the molecule is N#Cc1ccc(S(=O)(=O)N2CC[C@H]3C(=O)NCCCCCCN(Cc4ccncc4)[C@@H]3C2)cc1. The molecule has 0 spiro atoms. The van der Waals surface area contributed by atoms with Gasteiger partial charge in [-0.1, -0.05) is 12.8 Å². The third-order valence-electron chi connectivity index (χ3n) is 6.78. The van der Waals surface area contributed by atoms with Gasteiger partial charge in [-0.05, 0) is 67.8 Å². The Morgan fingerprint density at radius 2 is 1.76 bits per heavy atom. The highest BCUT2D eigenvalue weighted by molar-refractivity contribution is 7.89. The van der Waals surface area contributed by atoms with Crippen LogP contribution < -0.4 is 5.32 Å². The lowest BCUT2D eigenvalue weighted by molar-refractivity contribution is -0.129. The predicted molar refractivity (Wildman–Crippen MR) is 128 cm³/mol. The molecule has 2 saturated heterocycles. The summed E-state index contributed by atoms with van der Waals surface area (Å²) in [6, 6.07) is 11.7. The summed E-state index contributed by atoms with van der Waals surface area (Å²) in [4.78, 5) is 19.7. The number of rotatable bonds is 4. The van der Waals surface area contributed by atoms with E-state index in [4.69, 9.17) is 5.26 Å². The topological polar surface area (TPSA) is 106 Å². The number of hydrogen-bond donors (Lipinski definition) is 1. The van der Waals surface area contributed by atoms with E-state index in [9.17, 15) is 13.2 Å². The minimum atomic E-state index is -3.74. The van der Waals surface area contributed by atoms with Crippen molar-refractivity contribution in [3.05, 3.63) is 59.9 Å². The van der Waals surface area contributed by atoms with Crippen LogP contribution in [0.5, 0.6) is 0 Å². The molecule has 0 radical (unpaired) electrons. The number of nitrogens with zero attached hydrogens (tertiary/aromatic N) is 4. The number of pyridine rings is 1. The summed E-state index contributed by atoms with van der Waals surface area (Å²) in [6.07, 6.45) is 8.10. The van der Waals surface area contributed by atoms with E-state index in [1.807, 2.05) is 18.2 Å². The van der Waals surface area contributed by atoms with Crippen LogP contribution >= 0.6 is 0 Å². The number of hydrogen-bond acceptors (Lipinski definition) is 6. The molecule has 0 aliphatic carbocycles. The molecule has 180 valence electrons. The zero-order valence-corrected chi connectivity index (χ0v) is 20.1. The van der Waals surface area contributed by atoms with Gasteiger partial charge in [-0.2, -0.15) is 9.57 Å². The van der Waals surface area contributed by atoms with E-state index >= 15 is 0 Å². The third-order valence-corrected chi connectivity index (χ3v) is 8.66. The molecule has 2 aliphatic heterocycles. The summed E-state index contributed by atoms with van der Waals surface area (Å²) in [5.74, 6) is -0.255. The fourth-order valence-electron chi connectivity index (χ4n) is 4.87. The lowest BCUT2D eigenvalue weighted by Crippen LogP contribution is -2.57. The predicted octanol–water partition coefficient (Wildman–Crippen LogP) is 2.52. The van der Waals surface area contributed by atoms with Crippen molar-refractivity contribution < 1.29 is 13.2 Å². The minimum Gasteiger partial charge on any atom is -0.356 e. The molecule has 1 amide bonds. The zero-order chi connectivity index (χ0) is 24.0. The van der Waals surface area contributed by atoms with Crippen LogP contribution in [0.15, 0.2) is 53.7 Å². The van der Waals surface area contributed by atoms with Gasteiger partial charge in [-0.25, -0.2) is 8.42 Å². The Morgan fingerprint density at radius 1 is 1.03 bits per heavy atom. The Morgan fingerprint density at radius 3 is 2.50 bits per heavy atom. The fourth-order valence-corrected chi connectivity index (χ4v) is 6.34. The van der Waals surface area contributed by atoms with Crippen LogP contribution in [0.4, 0.5) is 0 Å². The maximum absolute atomic E-state index is 13.5. The fraction of sp³-hybridized carbons (Fsp3) is 0.480. The zero-order valence-electron chi connectivity index (χ0n) is 19.3. The molecular weight excluding hydrogens is 450 g/mol. The van der Waals surface area contributed by atoms with Crippen LogP contribution in [-0.4, -0.2) is 60.7 Å². The Bertz CT molecular complexity index is 1120. The first kappa shape index (κ1) is 24.3. The number of piperidine rings is 1. The number of benzene rings is 1. The molecule has 2 aliphatic rings. The summed E-state index contributed by atoms with van der Waals surface area (Å²) in [7, 11) is -3.74. The Hall–Kier alpha value is -2.80. The van der Waals surface area contributed by atoms with E-state index in [1.54, 1.807) is 12.4 Å². The quantitative estimate of drug-likeness (QED) is 0.719. The van der Waals surface area contributed by atoms with Gasteiger partial charge < -0.3 is 5.32 Å². The summed E-state index contributed by atoms with van der Waals surface area (Å²) < 4.78 is 28.4. The van der Waals surface area contributed by atoms with E-state index in [1.165, 1.54) is 28.6 Å². The molecule has 1 N–H and O–H groups in total. The smallest absolute Gasteiger partial charge is 0.243 e. The first-order valence-corrected chi connectivity index (χ1v) is 13.3. The number of nitriles is 1. The molecule has 1 aromatic heterocycles. The number of carbonyl (C=O) groups excluding carboxylic acids is 1. The van der Waals surface area contributed by atoms with Crippen LogP contribution in [0.25, 0.3) is 0 Å². The summed E-state index contributed by atoms with van der Waals surface area (Å²) in [6.45, 7) is 2.66. The molecule has 2 aromatic rings. The van der Waals surface area contributed by atoms with E-state index in [0.29, 0.717) is 31.6 Å². The minimum absolute atomic E-state index is 0.0158. The van der Waals surface area contributed by atoms with Crippen molar-refractivity contribution in [2.45, 2.75) is 49.6 Å². The Kier molecular flexibility index (Phi) is 7.93. The maximum Gasteiger partial charge on any atom is 0.243 e. The standard InChI is InChI=1S/C25H31N5O3S/c26-17-20-5-7-22(8-6-20)34(32,33)30-16-11-23-24(19-30)29(18-21-9-13-27-14-10-21)15-4-2-1-3-12-28-25(23)31/h5-10,13-14,23-24H,1-4,11-12,15-16,18-19H2,(H,28,31)/t23-,24-/m1/s1. The lowest BCUT2D eigenvalue weighted by Gasteiger charge is -2.43. The first-order chi connectivity index (χ1) is 16.5. The van der Waals surface area contributed by atoms with Gasteiger partial charge in [0.15, 0.2) is 0 Å². The van der Waals surface area contributed by atoms with E-state index in [-0.39, 0.29) is 29.3 Å². The van der Waals surface area contributed by atoms with Gasteiger partial charge in [-0.3, -0.25) is 14.7 Å². The normalized spacial score (nSPS) is 23.2. The average molecular weight is 482 g/mol. The molecule has 4 rings (SSSR count). The highest BCUT2D eigenvalue weighted by Gasteiger charge is 2.41. The van der Waals surface area contributed by atoms with Crippen LogP contribution in [0, 0.1) is 17.2 Å². The molecule has 9 heteroatoms. The van der Waals surface area contributed by atoms with Crippen LogP contribution in [0.3, 0.4) is 0 Å². The van der Waals surface area contributed by atoms with Crippen molar-refractivity contribution in [1.82, 2.24) is 19.5 Å². The van der Waals surface area contributed by atoms with Crippen molar-refractivity contribution in [3.63, 3.8) is 0 Å². The monoisotopic (exact) mass is 481 g/mol. The van der Waals surface area contributed by atoms with Crippen LogP contribution in [-0.2, 0) is 21.4 Å². The maximum atomic E-state index is 13.5. The summed E-state index contributed by atoms with van der Waals surface area (Å²) >= 11 is 0. The van der Waals surface area contributed by atoms with Crippen molar-refractivity contribution in [1.29, 1.82) is 5.26 Å². The number of nitrogens with one attached hydrogen (secondary N) is 1. The van der Waals surface area contributed by atoms with E-state index in [0.717, 1.165) is 37.8 Å². The van der Waals surface area contributed by atoms with Gasteiger partial charge in [-0.15, -0.1) is 0 Å². The Labute approximate surface area is 201 Å². The molecule has 0 saturated carbocycles. The van der Waals surface area contributed by atoms with E-state index < -0.39 is 10.0 Å². The van der Waals surface area contributed by atoms with Crippen molar-refractivity contribution in [3.8, 4) is 6.07 Å². The average Bonchev–Trinajstić information content (AvgIpc) is 2.90. The van der Waals surface area contributed by atoms with Gasteiger partial charge in [0, 0.05) is 44.6 Å². The molecule has 3 heterocycles. The van der Waals surface area contributed by atoms with Gasteiger partial charge >= 0.3 is 0 Å². The highest BCUT2D eigenvalue weighted by Crippen LogP contribution is 2.29. The number of fused-ring (bicyclic) bond motifs is 1. The second-order valence-corrected chi connectivity index (χ2v) is 10.9. The van der Waals surface area contributed by atoms with Gasteiger partial charge in [0.1, 0.15) is 0 Å². The Balaban J connectivity index is 1.63. The number of sulfonamides is 1. The molecule has 34 heavy (non-hydrogen) atoms. The second-order valence-electron chi connectivity index (χ2n) is 8.99. The molecule has 2 atom stereocenters.